The number of nitrogens with zero attached hydrogens (tertiary/aromatic N) is 1. The number of carbonyl (C=O) groups is 2. The quantitative estimate of drug-likeness (QED) is 0.499. The summed E-state index contributed by atoms with van der Waals surface area (Å²) >= 11 is 19.1. The molecule has 0 aliphatic heterocycles. The molecule has 5 nitrogen and oxygen atoms in total. The summed E-state index contributed by atoms with van der Waals surface area (Å²) in [7, 11) is 0. The highest BCUT2D eigenvalue weighted by Crippen LogP contribution is 2.30. The molecule has 0 saturated carbocycles. The Balaban J connectivity index is 1.51. The molecular weight excluding hydrogens is 443 g/mol. The number of hydrogen-bond donors (Lipinski definition) is 1. The molecule has 0 fully saturated rings. The SMILES string of the molecule is O=C(COC(=O)Cc1ccc(Cl)c(Cl)c1)Nc1nc(-c2ccccc2Cl)cs1. The zero-order valence-electron chi connectivity index (χ0n) is 14.2. The minimum absolute atomic E-state index is 0.0158. The minimum Gasteiger partial charge on any atom is -0.455 e. The minimum atomic E-state index is -0.551. The first-order chi connectivity index (χ1) is 13.4. The Morgan fingerprint density at radius 2 is 1.82 bits per heavy atom. The van der Waals surface area contributed by atoms with E-state index in [4.69, 9.17) is 39.5 Å². The van der Waals surface area contributed by atoms with Gasteiger partial charge in [-0.2, -0.15) is 0 Å². The summed E-state index contributed by atoms with van der Waals surface area (Å²) in [5, 5.41) is 6.09. The van der Waals surface area contributed by atoms with Gasteiger partial charge in [0.25, 0.3) is 5.91 Å². The van der Waals surface area contributed by atoms with Crippen LogP contribution in [0.15, 0.2) is 47.8 Å². The van der Waals surface area contributed by atoms with Gasteiger partial charge in [-0.25, -0.2) is 4.98 Å². The standard InChI is InChI=1S/C19H13Cl3N2O3S/c20-13-4-2-1-3-12(13)16-10-28-19(23-16)24-17(25)9-27-18(26)8-11-5-6-14(21)15(22)7-11/h1-7,10H,8-9H2,(H,23,24,25). The summed E-state index contributed by atoms with van der Waals surface area (Å²) in [5.41, 5.74) is 2.07. The number of amides is 1. The van der Waals surface area contributed by atoms with Crippen LogP contribution in [-0.2, 0) is 20.7 Å². The van der Waals surface area contributed by atoms with E-state index in [0.29, 0.717) is 31.5 Å². The number of ether oxygens (including phenoxy) is 1. The van der Waals surface area contributed by atoms with Gasteiger partial charge in [-0.05, 0) is 23.8 Å². The summed E-state index contributed by atoms with van der Waals surface area (Å²) < 4.78 is 4.99. The second kappa shape index (κ2) is 9.39. The fraction of sp³-hybridized carbons (Fsp3) is 0.105. The van der Waals surface area contributed by atoms with E-state index in [1.165, 1.54) is 11.3 Å². The van der Waals surface area contributed by atoms with E-state index in [1.54, 1.807) is 29.6 Å². The normalized spacial score (nSPS) is 10.5. The van der Waals surface area contributed by atoms with Gasteiger partial charge in [0.05, 0.1) is 22.2 Å². The molecule has 28 heavy (non-hydrogen) atoms. The summed E-state index contributed by atoms with van der Waals surface area (Å²) in [6, 6.07) is 12.1. The van der Waals surface area contributed by atoms with E-state index in [0.717, 1.165) is 5.56 Å². The number of hydrogen-bond acceptors (Lipinski definition) is 5. The van der Waals surface area contributed by atoms with E-state index in [2.05, 4.69) is 10.3 Å². The lowest BCUT2D eigenvalue weighted by molar-refractivity contribution is -0.146. The molecule has 0 aliphatic carbocycles. The molecule has 0 saturated heterocycles. The van der Waals surface area contributed by atoms with Crippen LogP contribution in [0.2, 0.25) is 15.1 Å². The number of benzene rings is 2. The van der Waals surface area contributed by atoms with Gasteiger partial charge in [-0.15, -0.1) is 11.3 Å². The summed E-state index contributed by atoms with van der Waals surface area (Å²) in [6.07, 6.45) is -0.0158. The van der Waals surface area contributed by atoms with Crippen LogP contribution >= 0.6 is 46.1 Å². The van der Waals surface area contributed by atoms with Crippen molar-refractivity contribution in [1.82, 2.24) is 4.98 Å². The molecule has 1 aromatic heterocycles. The predicted molar refractivity (Wildman–Crippen MR) is 112 cm³/mol. The van der Waals surface area contributed by atoms with Crippen LogP contribution in [0.4, 0.5) is 5.13 Å². The molecule has 2 aromatic carbocycles. The molecule has 1 N–H and O–H groups in total. The van der Waals surface area contributed by atoms with Crippen LogP contribution in [-0.4, -0.2) is 23.5 Å². The van der Waals surface area contributed by atoms with Crippen LogP contribution in [0, 0.1) is 0 Å². The molecular formula is C19H13Cl3N2O3S. The average molecular weight is 456 g/mol. The number of thiazole rings is 1. The number of anilines is 1. The van der Waals surface area contributed by atoms with Gasteiger partial charge in [-0.3, -0.25) is 14.9 Å². The van der Waals surface area contributed by atoms with Crippen LogP contribution in [0.25, 0.3) is 11.3 Å². The van der Waals surface area contributed by atoms with Gasteiger partial charge >= 0.3 is 5.97 Å². The molecule has 0 radical (unpaired) electrons. The molecule has 144 valence electrons. The molecule has 3 aromatic rings. The zero-order chi connectivity index (χ0) is 20.1. The summed E-state index contributed by atoms with van der Waals surface area (Å²) in [6.45, 7) is -0.416. The number of nitrogens with one attached hydrogen (secondary N) is 1. The van der Waals surface area contributed by atoms with Crippen molar-refractivity contribution in [1.29, 1.82) is 0 Å². The second-order valence-corrected chi connectivity index (χ2v) is 7.73. The highest BCUT2D eigenvalue weighted by Gasteiger charge is 2.13. The van der Waals surface area contributed by atoms with Crippen molar-refractivity contribution in [3.8, 4) is 11.3 Å². The van der Waals surface area contributed by atoms with E-state index in [1.807, 2.05) is 18.2 Å². The monoisotopic (exact) mass is 454 g/mol. The number of carbonyl (C=O) groups excluding carboxylic acids is 2. The van der Waals surface area contributed by atoms with Crippen LogP contribution in [0.5, 0.6) is 0 Å². The van der Waals surface area contributed by atoms with Gasteiger partial charge in [0.15, 0.2) is 11.7 Å². The first kappa shape index (κ1) is 20.6. The van der Waals surface area contributed by atoms with Gasteiger partial charge in [0.1, 0.15) is 0 Å². The lowest BCUT2D eigenvalue weighted by Gasteiger charge is -2.06. The zero-order valence-corrected chi connectivity index (χ0v) is 17.3. The van der Waals surface area contributed by atoms with Crippen LogP contribution in [0.3, 0.4) is 0 Å². The van der Waals surface area contributed by atoms with Crippen LogP contribution in [0.1, 0.15) is 5.56 Å². The van der Waals surface area contributed by atoms with E-state index < -0.39 is 18.5 Å². The highest BCUT2D eigenvalue weighted by molar-refractivity contribution is 7.14. The Bertz CT molecular complexity index is 1020. The van der Waals surface area contributed by atoms with Gasteiger partial charge in [-0.1, -0.05) is 59.1 Å². The van der Waals surface area contributed by atoms with Crippen molar-refractivity contribution in [2.45, 2.75) is 6.42 Å². The summed E-state index contributed by atoms with van der Waals surface area (Å²) in [4.78, 5) is 28.2. The third kappa shape index (κ3) is 5.45. The molecule has 0 aliphatic rings. The van der Waals surface area contributed by atoms with Gasteiger partial charge < -0.3 is 4.74 Å². The van der Waals surface area contributed by atoms with Crippen molar-refractivity contribution in [2.24, 2.45) is 0 Å². The van der Waals surface area contributed by atoms with E-state index in [9.17, 15) is 9.59 Å². The van der Waals surface area contributed by atoms with Gasteiger partial charge in [0.2, 0.25) is 0 Å². The van der Waals surface area contributed by atoms with Crippen molar-refractivity contribution in [2.75, 3.05) is 11.9 Å². The molecule has 9 heteroatoms. The van der Waals surface area contributed by atoms with Crippen molar-refractivity contribution >= 4 is 63.1 Å². The summed E-state index contributed by atoms with van der Waals surface area (Å²) in [5.74, 6) is -1.04. The maximum atomic E-state index is 12.0. The third-order valence-corrected chi connectivity index (χ3v) is 5.42. The predicted octanol–water partition coefficient (Wildman–Crippen LogP) is 5.49. The first-order valence-electron chi connectivity index (χ1n) is 8.02. The fourth-order valence-electron chi connectivity index (χ4n) is 2.29. The molecule has 0 atom stereocenters. The molecule has 3 rings (SSSR count). The van der Waals surface area contributed by atoms with Gasteiger partial charge in [0, 0.05) is 16.0 Å². The smallest absolute Gasteiger partial charge is 0.310 e. The van der Waals surface area contributed by atoms with E-state index in [-0.39, 0.29) is 6.42 Å². The third-order valence-electron chi connectivity index (χ3n) is 3.60. The fourth-order valence-corrected chi connectivity index (χ4v) is 3.57. The Morgan fingerprint density at radius 3 is 2.57 bits per heavy atom. The second-order valence-electron chi connectivity index (χ2n) is 5.65. The first-order valence-corrected chi connectivity index (χ1v) is 10.0. The number of halogens is 3. The number of rotatable bonds is 6. The number of esters is 1. The maximum absolute atomic E-state index is 12.0. The number of aromatic nitrogens is 1. The molecule has 0 bridgehead atoms. The Kier molecular flexibility index (Phi) is 6.91. The molecule has 1 heterocycles. The van der Waals surface area contributed by atoms with E-state index >= 15 is 0 Å². The Labute approximate surface area is 180 Å². The largest absolute Gasteiger partial charge is 0.455 e. The van der Waals surface area contributed by atoms with Crippen molar-refractivity contribution in [3.05, 3.63) is 68.5 Å². The Hall–Kier alpha value is -2.12. The Morgan fingerprint density at radius 1 is 1.04 bits per heavy atom. The van der Waals surface area contributed by atoms with Crippen molar-refractivity contribution in [3.63, 3.8) is 0 Å². The molecule has 0 spiro atoms. The maximum Gasteiger partial charge on any atom is 0.310 e. The highest BCUT2D eigenvalue weighted by atomic mass is 35.5. The molecule has 0 unspecified atom stereocenters. The lowest BCUT2D eigenvalue weighted by atomic mass is 10.1. The average Bonchev–Trinajstić information content (AvgIpc) is 3.11. The topological polar surface area (TPSA) is 68.3 Å². The lowest BCUT2D eigenvalue weighted by Crippen LogP contribution is -2.21. The van der Waals surface area contributed by atoms with Crippen LogP contribution < -0.4 is 5.32 Å². The molecule has 1 amide bonds. The van der Waals surface area contributed by atoms with Crippen molar-refractivity contribution < 1.29 is 14.3 Å².